The number of likely N-dealkylation sites (N-methyl/N-ethyl adjacent to an activating group) is 1. The normalized spacial score (nSPS) is 18.9. The zero-order chi connectivity index (χ0) is 24.2. The summed E-state index contributed by atoms with van der Waals surface area (Å²) < 4.78 is 29.0. The quantitative estimate of drug-likeness (QED) is 0.557. The fourth-order valence-corrected chi connectivity index (χ4v) is 6.79. The van der Waals surface area contributed by atoms with Gasteiger partial charge in [0.2, 0.25) is 15.9 Å². The summed E-state index contributed by atoms with van der Waals surface area (Å²) in [4.78, 5) is 22.2. The third kappa shape index (κ3) is 5.41. The molecule has 0 radical (unpaired) electrons. The molecule has 1 saturated heterocycles. The van der Waals surface area contributed by atoms with E-state index in [1.807, 2.05) is 11.4 Å². The van der Waals surface area contributed by atoms with Crippen LogP contribution in [0.4, 0.5) is 5.13 Å². The van der Waals surface area contributed by atoms with Gasteiger partial charge in [-0.2, -0.15) is 9.98 Å². The van der Waals surface area contributed by atoms with Crippen molar-refractivity contribution in [2.75, 3.05) is 44.7 Å². The summed E-state index contributed by atoms with van der Waals surface area (Å²) in [6.45, 7) is 3.74. The van der Waals surface area contributed by atoms with Gasteiger partial charge in [0, 0.05) is 37.1 Å². The third-order valence-electron chi connectivity index (χ3n) is 6.53. The maximum Gasteiger partial charge on any atom is 0.242 e. The molecule has 2 aromatic rings. The Morgan fingerprint density at radius 1 is 1.15 bits per heavy atom. The third-order valence-corrected chi connectivity index (χ3v) is 8.98. The van der Waals surface area contributed by atoms with Crippen LogP contribution in [0.25, 0.3) is 11.3 Å². The van der Waals surface area contributed by atoms with Gasteiger partial charge in [-0.25, -0.2) is 13.4 Å². The Bertz CT molecular complexity index is 1140. The van der Waals surface area contributed by atoms with E-state index in [4.69, 9.17) is 10.2 Å². The van der Waals surface area contributed by atoms with Gasteiger partial charge in [-0.3, -0.25) is 4.79 Å². The van der Waals surface area contributed by atoms with E-state index in [1.54, 1.807) is 35.6 Å². The van der Waals surface area contributed by atoms with Crippen molar-refractivity contribution in [2.24, 2.45) is 0 Å². The van der Waals surface area contributed by atoms with Gasteiger partial charge in [-0.05, 0) is 32.0 Å². The number of aromatic nitrogens is 1. The summed E-state index contributed by atoms with van der Waals surface area (Å²) >= 11 is 1.59. The largest absolute Gasteiger partial charge is 0.346 e. The average Bonchev–Trinajstić information content (AvgIpc) is 3.34. The van der Waals surface area contributed by atoms with Crippen LogP contribution in [0.1, 0.15) is 32.1 Å². The van der Waals surface area contributed by atoms with Crippen LogP contribution in [0, 0.1) is 11.3 Å². The lowest BCUT2D eigenvalue weighted by molar-refractivity contribution is -0.127. The second-order valence-corrected chi connectivity index (χ2v) is 11.4. The second-order valence-electron chi connectivity index (χ2n) is 8.92. The minimum Gasteiger partial charge on any atom is -0.346 e. The van der Waals surface area contributed by atoms with Gasteiger partial charge < -0.3 is 15.1 Å². The van der Waals surface area contributed by atoms with Crippen molar-refractivity contribution in [1.29, 1.82) is 5.26 Å². The van der Waals surface area contributed by atoms with E-state index >= 15 is 0 Å². The number of sulfonamides is 1. The summed E-state index contributed by atoms with van der Waals surface area (Å²) in [5, 5.41) is 14.3. The minimum absolute atomic E-state index is 0.101. The number of thiazole rings is 1. The molecule has 0 bridgehead atoms. The van der Waals surface area contributed by atoms with E-state index < -0.39 is 21.5 Å². The molecule has 1 saturated carbocycles. The lowest BCUT2D eigenvalue weighted by Gasteiger charge is -2.36. The van der Waals surface area contributed by atoms with Crippen molar-refractivity contribution in [1.82, 2.24) is 19.9 Å². The first-order chi connectivity index (χ1) is 16.3. The number of carbonyl (C=O) groups is 1. The summed E-state index contributed by atoms with van der Waals surface area (Å²) in [6, 6.07) is 8.48. The van der Waals surface area contributed by atoms with Crippen molar-refractivity contribution in [3.63, 3.8) is 0 Å². The van der Waals surface area contributed by atoms with Crippen LogP contribution in [0.15, 0.2) is 34.5 Å². The number of amides is 1. The number of nitriles is 1. The SMILES string of the molecule is CN1CCN(c2nc(-c3ccc(S(=O)(=O)NC4(C(=O)NCC#N)CCCCC4)cc3)cs2)CC1. The van der Waals surface area contributed by atoms with Crippen LogP contribution < -0.4 is 14.9 Å². The number of carbonyl (C=O) groups excluding carboxylic acids is 1. The highest BCUT2D eigenvalue weighted by Crippen LogP contribution is 2.32. The van der Waals surface area contributed by atoms with E-state index in [-0.39, 0.29) is 11.4 Å². The summed E-state index contributed by atoms with van der Waals surface area (Å²) in [5.41, 5.74) is 0.434. The van der Waals surface area contributed by atoms with E-state index in [0.29, 0.717) is 12.8 Å². The van der Waals surface area contributed by atoms with E-state index in [1.165, 1.54) is 0 Å². The molecule has 2 heterocycles. The van der Waals surface area contributed by atoms with Gasteiger partial charge in [0.1, 0.15) is 12.1 Å². The topological polar surface area (TPSA) is 118 Å². The fraction of sp³-hybridized carbons (Fsp3) is 0.522. The molecular formula is C23H30N6O3S2. The molecule has 0 unspecified atom stereocenters. The lowest BCUT2D eigenvalue weighted by Crippen LogP contribution is -2.59. The molecule has 182 valence electrons. The lowest BCUT2D eigenvalue weighted by atomic mass is 9.82. The molecule has 1 amide bonds. The Morgan fingerprint density at radius 3 is 2.47 bits per heavy atom. The van der Waals surface area contributed by atoms with Crippen LogP contribution in [-0.4, -0.2) is 69.5 Å². The molecule has 2 N–H and O–H groups in total. The molecular weight excluding hydrogens is 472 g/mol. The number of nitrogens with one attached hydrogen (secondary N) is 2. The van der Waals surface area contributed by atoms with Crippen molar-refractivity contribution in [2.45, 2.75) is 42.5 Å². The molecule has 1 aliphatic heterocycles. The number of hydrogen-bond donors (Lipinski definition) is 2. The maximum atomic E-state index is 13.2. The van der Waals surface area contributed by atoms with Crippen molar-refractivity contribution >= 4 is 32.4 Å². The summed E-state index contributed by atoms with van der Waals surface area (Å²) in [7, 11) is -1.81. The molecule has 1 aromatic carbocycles. The van der Waals surface area contributed by atoms with E-state index in [2.05, 4.69) is 26.9 Å². The van der Waals surface area contributed by atoms with Gasteiger partial charge in [-0.1, -0.05) is 31.4 Å². The predicted octanol–water partition coefficient (Wildman–Crippen LogP) is 2.18. The first-order valence-corrected chi connectivity index (χ1v) is 13.9. The van der Waals surface area contributed by atoms with Crippen LogP contribution in [0.5, 0.6) is 0 Å². The smallest absolute Gasteiger partial charge is 0.242 e. The second kappa shape index (κ2) is 10.4. The molecule has 34 heavy (non-hydrogen) atoms. The number of benzene rings is 1. The summed E-state index contributed by atoms with van der Waals surface area (Å²) in [5.74, 6) is -0.437. The van der Waals surface area contributed by atoms with Gasteiger partial charge in [0.15, 0.2) is 5.13 Å². The number of piperazine rings is 1. The fourth-order valence-electron chi connectivity index (χ4n) is 4.48. The first-order valence-electron chi connectivity index (χ1n) is 11.5. The maximum absolute atomic E-state index is 13.2. The van der Waals surface area contributed by atoms with Crippen molar-refractivity contribution < 1.29 is 13.2 Å². The standard InChI is InChI=1S/C23H30N6O3S2/c1-28-13-15-29(16-14-28)22-26-20(17-33-22)18-5-7-19(8-6-18)34(31,32)27-23(9-3-2-4-10-23)21(30)25-12-11-24/h5-8,17,27H,2-4,9-10,12-16H2,1H3,(H,25,30). The van der Waals surface area contributed by atoms with Crippen molar-refractivity contribution in [3.8, 4) is 17.3 Å². The Labute approximate surface area is 204 Å². The zero-order valence-electron chi connectivity index (χ0n) is 19.3. The van der Waals surface area contributed by atoms with Crippen LogP contribution >= 0.6 is 11.3 Å². The van der Waals surface area contributed by atoms with Crippen molar-refractivity contribution in [3.05, 3.63) is 29.6 Å². The molecule has 4 rings (SSSR count). The van der Waals surface area contributed by atoms with E-state index in [0.717, 1.165) is 61.8 Å². The summed E-state index contributed by atoms with van der Waals surface area (Å²) in [6.07, 6.45) is 3.28. The molecule has 0 spiro atoms. The van der Waals surface area contributed by atoms with Gasteiger partial charge in [0.05, 0.1) is 16.7 Å². The van der Waals surface area contributed by atoms with E-state index in [9.17, 15) is 13.2 Å². The zero-order valence-corrected chi connectivity index (χ0v) is 20.9. The van der Waals surface area contributed by atoms with Gasteiger partial charge >= 0.3 is 0 Å². The molecule has 1 aliphatic carbocycles. The Hall–Kier alpha value is -2.52. The highest BCUT2D eigenvalue weighted by atomic mass is 32.2. The van der Waals surface area contributed by atoms with Crippen LogP contribution in [-0.2, 0) is 14.8 Å². The molecule has 0 atom stereocenters. The molecule has 2 aliphatic rings. The van der Waals surface area contributed by atoms with Crippen LogP contribution in [0.2, 0.25) is 0 Å². The van der Waals surface area contributed by atoms with Gasteiger partial charge in [0.25, 0.3) is 0 Å². The number of anilines is 1. The highest BCUT2D eigenvalue weighted by Gasteiger charge is 2.43. The molecule has 9 nitrogen and oxygen atoms in total. The highest BCUT2D eigenvalue weighted by molar-refractivity contribution is 7.89. The first kappa shape index (κ1) is 24.6. The molecule has 1 aromatic heterocycles. The predicted molar refractivity (Wildman–Crippen MR) is 132 cm³/mol. The Kier molecular flexibility index (Phi) is 7.52. The molecule has 2 fully saturated rings. The molecule has 11 heteroatoms. The number of nitrogens with zero attached hydrogens (tertiary/aromatic N) is 4. The van der Waals surface area contributed by atoms with Gasteiger partial charge in [-0.15, -0.1) is 11.3 Å². The Balaban J connectivity index is 1.49. The number of rotatable bonds is 7. The Morgan fingerprint density at radius 2 is 1.82 bits per heavy atom. The van der Waals surface area contributed by atoms with Crippen LogP contribution in [0.3, 0.4) is 0 Å². The number of hydrogen-bond acceptors (Lipinski definition) is 8. The minimum atomic E-state index is -3.93. The monoisotopic (exact) mass is 502 g/mol. The average molecular weight is 503 g/mol.